The first-order valence-electron chi connectivity index (χ1n) is 8.47. The Labute approximate surface area is 133 Å². The van der Waals surface area contributed by atoms with Crippen molar-refractivity contribution in [1.29, 1.82) is 0 Å². The fourth-order valence-electron chi connectivity index (χ4n) is 3.74. The van der Waals surface area contributed by atoms with Crippen LogP contribution in [0, 0.1) is 5.92 Å². The van der Waals surface area contributed by atoms with Gasteiger partial charge in [-0.25, -0.2) is 4.79 Å². The van der Waals surface area contributed by atoms with Crippen molar-refractivity contribution in [1.82, 2.24) is 4.90 Å². The minimum absolute atomic E-state index is 0.225. The maximum absolute atomic E-state index is 11.9. The van der Waals surface area contributed by atoms with Crippen molar-refractivity contribution in [2.45, 2.75) is 38.1 Å². The summed E-state index contributed by atoms with van der Waals surface area (Å²) >= 11 is 0. The molecule has 2 fully saturated rings. The predicted molar refractivity (Wildman–Crippen MR) is 88.4 cm³/mol. The zero-order valence-electron chi connectivity index (χ0n) is 13.1. The van der Waals surface area contributed by atoms with E-state index in [9.17, 15) is 4.79 Å². The highest BCUT2D eigenvalue weighted by Gasteiger charge is 2.33. The molecule has 0 spiro atoms. The molecule has 118 valence electrons. The number of nitrogens with zero attached hydrogens (tertiary/aromatic N) is 1. The highest BCUT2D eigenvalue weighted by Crippen LogP contribution is 2.30. The Kier molecular flexibility index (Phi) is 5.28. The van der Waals surface area contributed by atoms with E-state index in [-0.39, 0.29) is 5.97 Å². The molecule has 2 saturated heterocycles. The Bertz CT molecular complexity index is 509. The van der Waals surface area contributed by atoms with Gasteiger partial charge in [-0.15, -0.1) is 0 Å². The van der Waals surface area contributed by atoms with Crippen LogP contribution in [0.15, 0.2) is 36.4 Å². The Balaban J connectivity index is 1.49. The maximum atomic E-state index is 11.9. The van der Waals surface area contributed by atoms with Gasteiger partial charge in [-0.05, 0) is 50.4 Å². The molecule has 0 bridgehead atoms. The van der Waals surface area contributed by atoms with Gasteiger partial charge in [0.25, 0.3) is 0 Å². The number of carbonyl (C=O) groups is 1. The first-order valence-corrected chi connectivity index (χ1v) is 8.47. The third-order valence-electron chi connectivity index (χ3n) is 4.88. The molecule has 0 radical (unpaired) electrons. The van der Waals surface area contributed by atoms with Crippen LogP contribution in [0.1, 0.15) is 37.7 Å². The van der Waals surface area contributed by atoms with E-state index in [2.05, 4.69) is 4.90 Å². The lowest BCUT2D eigenvalue weighted by atomic mass is 9.84. The number of carbonyl (C=O) groups excluding carboxylic acids is 1. The molecule has 0 unspecified atom stereocenters. The van der Waals surface area contributed by atoms with Crippen LogP contribution in [0.4, 0.5) is 0 Å². The van der Waals surface area contributed by atoms with Crippen LogP contribution in [-0.4, -0.2) is 36.6 Å². The van der Waals surface area contributed by atoms with Crippen LogP contribution in [-0.2, 0) is 9.53 Å². The van der Waals surface area contributed by atoms with Crippen LogP contribution < -0.4 is 0 Å². The third kappa shape index (κ3) is 3.98. The standard InChI is InChI=1S/C19H25NO2/c21-19(12-11-16-7-2-1-3-8-16)22-15-17-9-6-14-20-13-5-4-10-18(17)20/h1-3,7-8,11-12,17-18H,4-6,9-10,13-15H2/t17-,18-/m1/s1. The smallest absolute Gasteiger partial charge is 0.330 e. The molecule has 0 saturated carbocycles. The molecule has 2 aliphatic heterocycles. The third-order valence-corrected chi connectivity index (χ3v) is 4.88. The van der Waals surface area contributed by atoms with E-state index in [4.69, 9.17) is 4.74 Å². The van der Waals surface area contributed by atoms with Crippen molar-refractivity contribution in [2.24, 2.45) is 5.92 Å². The Morgan fingerprint density at radius 3 is 2.82 bits per heavy atom. The number of hydrogen-bond acceptors (Lipinski definition) is 3. The van der Waals surface area contributed by atoms with Crippen LogP contribution in [0.2, 0.25) is 0 Å². The zero-order valence-corrected chi connectivity index (χ0v) is 13.1. The van der Waals surface area contributed by atoms with Crippen LogP contribution >= 0.6 is 0 Å². The summed E-state index contributed by atoms with van der Waals surface area (Å²) in [7, 11) is 0. The van der Waals surface area contributed by atoms with E-state index in [1.54, 1.807) is 0 Å². The van der Waals surface area contributed by atoms with E-state index in [0.717, 1.165) is 5.56 Å². The van der Waals surface area contributed by atoms with Gasteiger partial charge in [0.1, 0.15) is 0 Å². The maximum Gasteiger partial charge on any atom is 0.330 e. The van der Waals surface area contributed by atoms with Crippen molar-refractivity contribution in [3.05, 3.63) is 42.0 Å². The second kappa shape index (κ2) is 7.59. The van der Waals surface area contributed by atoms with Gasteiger partial charge in [0.2, 0.25) is 0 Å². The summed E-state index contributed by atoms with van der Waals surface area (Å²) in [5.41, 5.74) is 1.02. The molecule has 3 heteroatoms. The zero-order chi connectivity index (χ0) is 15.2. The summed E-state index contributed by atoms with van der Waals surface area (Å²) in [5.74, 6) is 0.292. The number of rotatable bonds is 4. The number of hydrogen-bond donors (Lipinski definition) is 0. The molecule has 3 rings (SSSR count). The Morgan fingerprint density at radius 2 is 1.95 bits per heavy atom. The van der Waals surface area contributed by atoms with E-state index in [1.807, 2.05) is 36.4 Å². The van der Waals surface area contributed by atoms with Gasteiger partial charge in [-0.2, -0.15) is 0 Å². The molecule has 3 nitrogen and oxygen atoms in total. The molecule has 2 heterocycles. The number of piperidine rings is 2. The fraction of sp³-hybridized carbons (Fsp3) is 0.526. The van der Waals surface area contributed by atoms with Gasteiger partial charge < -0.3 is 4.74 Å². The predicted octanol–water partition coefficient (Wildman–Crippen LogP) is 3.51. The molecular weight excluding hydrogens is 274 g/mol. The second-order valence-electron chi connectivity index (χ2n) is 6.38. The average molecular weight is 299 g/mol. The van der Waals surface area contributed by atoms with Crippen LogP contribution in [0.25, 0.3) is 6.08 Å². The molecule has 0 aromatic heterocycles. The Morgan fingerprint density at radius 1 is 1.14 bits per heavy atom. The number of benzene rings is 1. The SMILES string of the molecule is O=C(C=Cc1ccccc1)OC[C@H]1CCCN2CCCC[C@H]12. The van der Waals surface area contributed by atoms with Crippen molar-refractivity contribution in [2.75, 3.05) is 19.7 Å². The summed E-state index contributed by atoms with van der Waals surface area (Å²) < 4.78 is 5.50. The van der Waals surface area contributed by atoms with Gasteiger partial charge in [0, 0.05) is 18.0 Å². The molecule has 0 N–H and O–H groups in total. The minimum Gasteiger partial charge on any atom is -0.462 e. The lowest BCUT2D eigenvalue weighted by molar-refractivity contribution is -0.140. The monoisotopic (exact) mass is 299 g/mol. The molecule has 1 aromatic carbocycles. The summed E-state index contributed by atoms with van der Waals surface area (Å²) in [6.45, 7) is 3.02. The summed E-state index contributed by atoms with van der Waals surface area (Å²) in [6.07, 6.45) is 9.69. The number of fused-ring (bicyclic) bond motifs is 1. The summed E-state index contributed by atoms with van der Waals surface area (Å²) in [6, 6.07) is 10.5. The van der Waals surface area contributed by atoms with Crippen LogP contribution in [0.3, 0.4) is 0 Å². The van der Waals surface area contributed by atoms with E-state index in [0.29, 0.717) is 18.6 Å². The van der Waals surface area contributed by atoms with E-state index >= 15 is 0 Å². The largest absolute Gasteiger partial charge is 0.462 e. The van der Waals surface area contributed by atoms with Crippen molar-refractivity contribution >= 4 is 12.0 Å². The molecule has 22 heavy (non-hydrogen) atoms. The molecule has 0 aliphatic carbocycles. The normalized spacial score (nSPS) is 25.8. The highest BCUT2D eigenvalue weighted by atomic mass is 16.5. The topological polar surface area (TPSA) is 29.5 Å². The molecule has 0 amide bonds. The van der Waals surface area contributed by atoms with Crippen molar-refractivity contribution in [3.63, 3.8) is 0 Å². The highest BCUT2D eigenvalue weighted by molar-refractivity contribution is 5.87. The first kappa shape index (κ1) is 15.3. The summed E-state index contributed by atoms with van der Waals surface area (Å²) in [4.78, 5) is 14.5. The van der Waals surface area contributed by atoms with Gasteiger partial charge in [0.05, 0.1) is 6.61 Å². The molecular formula is C19H25NO2. The molecule has 1 aromatic rings. The minimum atomic E-state index is -0.225. The van der Waals surface area contributed by atoms with Gasteiger partial charge in [-0.3, -0.25) is 4.90 Å². The molecule has 2 aliphatic rings. The quantitative estimate of drug-likeness (QED) is 0.629. The van der Waals surface area contributed by atoms with Crippen LogP contribution in [0.5, 0.6) is 0 Å². The van der Waals surface area contributed by atoms with E-state index in [1.165, 1.54) is 51.3 Å². The lowest BCUT2D eigenvalue weighted by Crippen LogP contribution is -2.49. The lowest BCUT2D eigenvalue weighted by Gasteiger charge is -2.44. The van der Waals surface area contributed by atoms with Crippen molar-refractivity contribution < 1.29 is 9.53 Å². The number of ether oxygens (including phenoxy) is 1. The van der Waals surface area contributed by atoms with E-state index < -0.39 is 0 Å². The fourth-order valence-corrected chi connectivity index (χ4v) is 3.74. The van der Waals surface area contributed by atoms with Gasteiger partial charge >= 0.3 is 5.97 Å². The summed E-state index contributed by atoms with van der Waals surface area (Å²) in [5, 5.41) is 0. The Hall–Kier alpha value is -1.61. The average Bonchev–Trinajstić information content (AvgIpc) is 2.59. The molecule has 2 atom stereocenters. The van der Waals surface area contributed by atoms with Crippen molar-refractivity contribution in [3.8, 4) is 0 Å². The number of esters is 1. The van der Waals surface area contributed by atoms with Gasteiger partial charge in [-0.1, -0.05) is 36.8 Å². The first-order chi connectivity index (χ1) is 10.8. The second-order valence-corrected chi connectivity index (χ2v) is 6.38. The van der Waals surface area contributed by atoms with Gasteiger partial charge in [0.15, 0.2) is 0 Å².